The third-order valence-electron chi connectivity index (χ3n) is 6.02. The second kappa shape index (κ2) is 13.5. The van der Waals surface area contributed by atoms with Gasteiger partial charge in [0, 0.05) is 19.7 Å². The van der Waals surface area contributed by atoms with E-state index in [2.05, 4.69) is 10.6 Å². The molecule has 3 rings (SSSR count). The van der Waals surface area contributed by atoms with Crippen LogP contribution in [0.3, 0.4) is 0 Å². The summed E-state index contributed by atoms with van der Waals surface area (Å²) in [6.45, 7) is 2.56. The number of hydrogen-bond acceptors (Lipinski definition) is 6. The highest BCUT2D eigenvalue weighted by atomic mass is 16.5. The van der Waals surface area contributed by atoms with Crippen LogP contribution in [-0.2, 0) is 14.3 Å². The Labute approximate surface area is 206 Å². The van der Waals surface area contributed by atoms with E-state index in [-0.39, 0.29) is 37.4 Å². The van der Waals surface area contributed by atoms with Gasteiger partial charge in [0.1, 0.15) is 11.8 Å². The molecule has 190 valence electrons. The van der Waals surface area contributed by atoms with Crippen molar-refractivity contribution in [3.05, 3.63) is 54.0 Å². The monoisotopic (exact) mass is 485 g/mol. The molecule has 1 aliphatic rings. The minimum Gasteiger partial charge on any atom is -0.494 e. The van der Waals surface area contributed by atoms with Gasteiger partial charge in [-0.25, -0.2) is 0 Å². The lowest BCUT2D eigenvalue weighted by molar-refractivity contribution is -0.141. The van der Waals surface area contributed by atoms with E-state index in [0.29, 0.717) is 17.9 Å². The van der Waals surface area contributed by atoms with Crippen LogP contribution in [-0.4, -0.2) is 62.1 Å². The van der Waals surface area contributed by atoms with Gasteiger partial charge in [-0.3, -0.25) is 14.4 Å². The molecule has 0 aliphatic heterocycles. The van der Waals surface area contributed by atoms with Crippen molar-refractivity contribution in [2.75, 3.05) is 33.4 Å². The lowest BCUT2D eigenvalue weighted by Crippen LogP contribution is -2.50. The van der Waals surface area contributed by atoms with E-state index in [0.717, 1.165) is 25.7 Å². The zero-order valence-corrected chi connectivity index (χ0v) is 20.5. The number of nitrogens with one attached hydrogen (secondary N) is 2. The summed E-state index contributed by atoms with van der Waals surface area (Å²) < 4.78 is 15.9. The van der Waals surface area contributed by atoms with Crippen molar-refractivity contribution < 1.29 is 28.3 Å². The standard InChI is InChI=1S/C26H35N3O6/c1-3-34-21-13-11-19(12-14-21)24(26(32)28-20-8-5-4-6-9-20)29(15-17-33-2)23(30)18-27-25(31)22-10-7-16-35-22/h7,10-14,16,20,24H,3-6,8-9,15,17-18H2,1-2H3,(H,27,31)(H,28,32)/t24-/m1/s1. The molecule has 0 radical (unpaired) electrons. The molecule has 9 heteroatoms. The molecule has 35 heavy (non-hydrogen) atoms. The Bertz CT molecular complexity index is 939. The van der Waals surface area contributed by atoms with E-state index in [9.17, 15) is 14.4 Å². The van der Waals surface area contributed by atoms with Gasteiger partial charge in [0.2, 0.25) is 11.8 Å². The number of hydrogen-bond donors (Lipinski definition) is 2. The molecular formula is C26H35N3O6. The van der Waals surface area contributed by atoms with Crippen LogP contribution < -0.4 is 15.4 Å². The minimum absolute atomic E-state index is 0.0829. The number of methoxy groups -OCH3 is 1. The van der Waals surface area contributed by atoms with Gasteiger partial charge >= 0.3 is 0 Å². The van der Waals surface area contributed by atoms with Crippen LogP contribution >= 0.6 is 0 Å². The van der Waals surface area contributed by atoms with E-state index in [4.69, 9.17) is 13.9 Å². The number of furan rings is 1. The first-order chi connectivity index (χ1) is 17.0. The molecule has 1 heterocycles. The summed E-state index contributed by atoms with van der Waals surface area (Å²) >= 11 is 0. The van der Waals surface area contributed by atoms with Crippen molar-refractivity contribution in [2.24, 2.45) is 0 Å². The maximum atomic E-state index is 13.6. The van der Waals surface area contributed by atoms with Crippen molar-refractivity contribution in [3.8, 4) is 5.75 Å². The summed E-state index contributed by atoms with van der Waals surface area (Å²) in [5, 5.41) is 5.73. The smallest absolute Gasteiger partial charge is 0.287 e. The number of rotatable bonds is 12. The number of ether oxygens (including phenoxy) is 2. The fourth-order valence-corrected chi connectivity index (χ4v) is 4.25. The maximum Gasteiger partial charge on any atom is 0.287 e. The number of benzene rings is 1. The lowest BCUT2D eigenvalue weighted by atomic mass is 9.94. The summed E-state index contributed by atoms with van der Waals surface area (Å²) in [5.74, 6) is -0.357. The zero-order chi connectivity index (χ0) is 25.0. The highest BCUT2D eigenvalue weighted by molar-refractivity contribution is 5.95. The average Bonchev–Trinajstić information content (AvgIpc) is 3.41. The molecule has 1 aromatic heterocycles. The number of nitrogens with zero attached hydrogens (tertiary/aromatic N) is 1. The van der Waals surface area contributed by atoms with E-state index >= 15 is 0 Å². The summed E-state index contributed by atoms with van der Waals surface area (Å²) in [7, 11) is 1.54. The van der Waals surface area contributed by atoms with Gasteiger partial charge in [-0.1, -0.05) is 31.4 Å². The van der Waals surface area contributed by atoms with Crippen LogP contribution in [0.1, 0.15) is 61.2 Å². The lowest BCUT2D eigenvalue weighted by Gasteiger charge is -2.33. The van der Waals surface area contributed by atoms with E-state index in [1.54, 1.807) is 30.3 Å². The Hall–Kier alpha value is -3.33. The molecule has 0 bridgehead atoms. The molecule has 0 unspecified atom stereocenters. The van der Waals surface area contributed by atoms with Crippen LogP contribution in [0.5, 0.6) is 5.75 Å². The normalized spacial score (nSPS) is 14.7. The molecule has 2 N–H and O–H groups in total. The Kier molecular flexibility index (Phi) is 10.2. The van der Waals surface area contributed by atoms with Crippen LogP contribution in [0.2, 0.25) is 0 Å². The van der Waals surface area contributed by atoms with Crippen LogP contribution in [0.25, 0.3) is 0 Å². The van der Waals surface area contributed by atoms with Gasteiger partial charge in [-0.05, 0) is 49.6 Å². The molecule has 1 atom stereocenters. The van der Waals surface area contributed by atoms with Crippen molar-refractivity contribution in [3.63, 3.8) is 0 Å². The second-order valence-corrected chi connectivity index (χ2v) is 8.49. The Balaban J connectivity index is 1.83. The molecule has 0 saturated heterocycles. The van der Waals surface area contributed by atoms with E-state index in [1.165, 1.54) is 30.8 Å². The van der Waals surface area contributed by atoms with E-state index < -0.39 is 17.9 Å². The second-order valence-electron chi connectivity index (χ2n) is 8.49. The van der Waals surface area contributed by atoms with Crippen LogP contribution in [0.15, 0.2) is 47.1 Å². The van der Waals surface area contributed by atoms with Crippen LogP contribution in [0.4, 0.5) is 0 Å². The molecule has 2 aromatic rings. The highest BCUT2D eigenvalue weighted by Crippen LogP contribution is 2.26. The van der Waals surface area contributed by atoms with Gasteiger partial charge < -0.3 is 29.4 Å². The molecular weight excluding hydrogens is 450 g/mol. The summed E-state index contributed by atoms with van der Waals surface area (Å²) in [4.78, 5) is 40.6. The highest BCUT2D eigenvalue weighted by Gasteiger charge is 2.33. The summed E-state index contributed by atoms with van der Waals surface area (Å²) in [6, 6.07) is 9.49. The maximum absolute atomic E-state index is 13.6. The Morgan fingerprint density at radius 3 is 2.49 bits per heavy atom. The van der Waals surface area contributed by atoms with Crippen molar-refractivity contribution in [1.29, 1.82) is 0 Å². The largest absolute Gasteiger partial charge is 0.494 e. The Morgan fingerprint density at radius 1 is 1.11 bits per heavy atom. The minimum atomic E-state index is -0.879. The number of carbonyl (C=O) groups excluding carboxylic acids is 3. The SMILES string of the molecule is CCOc1ccc([C@H](C(=O)NC2CCCCC2)N(CCOC)C(=O)CNC(=O)c2ccco2)cc1. The molecule has 1 saturated carbocycles. The van der Waals surface area contributed by atoms with Gasteiger partial charge in [0.25, 0.3) is 5.91 Å². The quantitative estimate of drug-likeness (QED) is 0.478. The molecule has 0 spiro atoms. The summed E-state index contributed by atoms with van der Waals surface area (Å²) in [5.41, 5.74) is 0.656. The van der Waals surface area contributed by atoms with Crippen molar-refractivity contribution in [1.82, 2.24) is 15.5 Å². The molecule has 1 aliphatic carbocycles. The predicted octanol–water partition coefficient (Wildman–Crippen LogP) is 3.07. The fourth-order valence-electron chi connectivity index (χ4n) is 4.25. The van der Waals surface area contributed by atoms with Crippen molar-refractivity contribution in [2.45, 2.75) is 51.1 Å². The topological polar surface area (TPSA) is 110 Å². The van der Waals surface area contributed by atoms with Gasteiger partial charge in [0.05, 0.1) is 26.0 Å². The average molecular weight is 486 g/mol. The molecule has 1 fully saturated rings. The fraction of sp³-hybridized carbons (Fsp3) is 0.500. The van der Waals surface area contributed by atoms with Gasteiger partial charge in [-0.2, -0.15) is 0 Å². The molecule has 1 aromatic carbocycles. The zero-order valence-electron chi connectivity index (χ0n) is 20.5. The summed E-state index contributed by atoms with van der Waals surface area (Å²) in [6.07, 6.45) is 6.55. The first-order valence-electron chi connectivity index (χ1n) is 12.2. The first-order valence-corrected chi connectivity index (χ1v) is 12.2. The van der Waals surface area contributed by atoms with Gasteiger partial charge in [0.15, 0.2) is 5.76 Å². The number of amides is 3. The first kappa shape index (κ1) is 26.3. The van der Waals surface area contributed by atoms with Gasteiger partial charge in [-0.15, -0.1) is 0 Å². The molecule has 3 amide bonds. The number of carbonyl (C=O) groups is 3. The van der Waals surface area contributed by atoms with Crippen molar-refractivity contribution >= 4 is 17.7 Å². The van der Waals surface area contributed by atoms with E-state index in [1.807, 2.05) is 6.92 Å². The third kappa shape index (κ3) is 7.58. The predicted molar refractivity (Wildman–Crippen MR) is 130 cm³/mol. The Morgan fingerprint density at radius 2 is 1.86 bits per heavy atom. The third-order valence-corrected chi connectivity index (χ3v) is 6.02. The van der Waals surface area contributed by atoms with Crippen LogP contribution in [0, 0.1) is 0 Å². The molecule has 9 nitrogen and oxygen atoms in total.